The Labute approximate surface area is 497 Å². The molecule has 0 spiro atoms. The maximum atomic E-state index is 13.4. The van der Waals surface area contributed by atoms with E-state index in [1.54, 1.807) is 6.92 Å². The van der Waals surface area contributed by atoms with E-state index in [1.165, 1.54) is 77.0 Å². The Balaban J connectivity index is 0.000000464. The molecule has 17 atom stereocenters. The van der Waals surface area contributed by atoms with Crippen LogP contribution in [0.4, 0.5) is 13.2 Å². The van der Waals surface area contributed by atoms with Gasteiger partial charge >= 0.3 is 0 Å². The SMILES string of the molecule is CC(C)[C@@H]1CCCC[C@H]1O.CC(C)[C@H]1CC(F)(F)CC[C@@H]1O.CC(C)[C@H]1CCC(C)(F)C[C@@H]1O.CC(C)[C@H]1CCCC[C@@H]1O.CC(C)[C@H]1CCCC[C@@H]1O.CC(C)[C@H]1CCC[C@@H]1O.CC(C)[C@H]1CC[C@@H]1O.CC(C)[C@H]1COCC[C@@H]1O. The van der Waals surface area contributed by atoms with Crippen LogP contribution < -0.4 is 0 Å². The van der Waals surface area contributed by atoms with Crippen molar-refractivity contribution >= 4 is 0 Å². The van der Waals surface area contributed by atoms with Gasteiger partial charge in [0.1, 0.15) is 5.67 Å². The van der Waals surface area contributed by atoms with E-state index >= 15 is 0 Å². The average Bonchev–Trinajstić information content (AvgIpc) is 3.81. The highest BCUT2D eigenvalue weighted by atomic mass is 19.3. The number of aliphatic hydroxyl groups excluding tert-OH is 8. The first-order valence-corrected chi connectivity index (χ1v) is 33.7. The Morgan fingerprint density at radius 3 is 0.840 bits per heavy atom. The molecule has 0 radical (unpaired) electrons. The molecule has 1 saturated heterocycles. The number of ether oxygens (including phenoxy) is 1. The van der Waals surface area contributed by atoms with E-state index in [-0.39, 0.29) is 67.7 Å². The maximum absolute atomic E-state index is 13.4. The van der Waals surface area contributed by atoms with Gasteiger partial charge in [-0.1, -0.05) is 156 Å². The Kier molecular flexibility index (Phi) is 38.8. The fourth-order valence-corrected chi connectivity index (χ4v) is 14.1. The molecule has 0 aromatic heterocycles. The summed E-state index contributed by atoms with van der Waals surface area (Å²) in [6.07, 6.45) is 21.6. The molecule has 8 fully saturated rings. The number of alkyl halides is 3. The summed E-state index contributed by atoms with van der Waals surface area (Å²) in [7, 11) is 0. The van der Waals surface area contributed by atoms with Crippen molar-refractivity contribution in [1.29, 1.82) is 0 Å². The molecule has 9 nitrogen and oxygen atoms in total. The van der Waals surface area contributed by atoms with E-state index in [9.17, 15) is 48.9 Å². The van der Waals surface area contributed by atoms with Crippen molar-refractivity contribution in [2.24, 2.45) is 94.7 Å². The third kappa shape index (κ3) is 30.8. The molecule has 12 heteroatoms. The highest BCUT2D eigenvalue weighted by molar-refractivity contribution is 4.89. The van der Waals surface area contributed by atoms with Crippen LogP contribution in [0.5, 0.6) is 0 Å². The molecule has 0 bridgehead atoms. The van der Waals surface area contributed by atoms with Crippen LogP contribution in [0, 0.1) is 94.7 Å². The normalized spacial score (nSPS) is 36.6. The molecule has 0 aromatic carbocycles. The molecule has 1 aliphatic heterocycles. The van der Waals surface area contributed by atoms with Crippen LogP contribution in [0.15, 0.2) is 0 Å². The predicted molar refractivity (Wildman–Crippen MR) is 331 cm³/mol. The highest BCUT2D eigenvalue weighted by Crippen LogP contribution is 2.41. The first-order chi connectivity index (χ1) is 37.6. The van der Waals surface area contributed by atoms with E-state index in [0.717, 1.165) is 58.2 Å². The fraction of sp³-hybridized carbons (Fsp3) is 1.00. The smallest absolute Gasteiger partial charge is 0.248 e. The van der Waals surface area contributed by atoms with Gasteiger partial charge in [0.25, 0.3) is 0 Å². The molecule has 0 aromatic rings. The van der Waals surface area contributed by atoms with Gasteiger partial charge in [-0.15, -0.1) is 0 Å². The Bertz CT molecular complexity index is 1430. The van der Waals surface area contributed by atoms with Crippen molar-refractivity contribution in [3.05, 3.63) is 0 Å². The zero-order chi connectivity index (χ0) is 61.9. The van der Waals surface area contributed by atoms with Crippen molar-refractivity contribution in [2.45, 2.75) is 332 Å². The van der Waals surface area contributed by atoms with E-state index < -0.39 is 23.8 Å². The Morgan fingerprint density at radius 1 is 0.296 bits per heavy atom. The number of hydrogen-bond donors (Lipinski definition) is 8. The van der Waals surface area contributed by atoms with Gasteiger partial charge < -0.3 is 45.6 Å². The van der Waals surface area contributed by atoms with Crippen molar-refractivity contribution in [1.82, 2.24) is 0 Å². The topological polar surface area (TPSA) is 171 Å². The van der Waals surface area contributed by atoms with Crippen LogP contribution in [-0.2, 0) is 4.74 Å². The molecule has 0 amide bonds. The number of rotatable bonds is 8. The van der Waals surface area contributed by atoms with Crippen LogP contribution in [0.1, 0.15) is 272 Å². The van der Waals surface area contributed by atoms with Crippen LogP contribution in [0.25, 0.3) is 0 Å². The minimum absolute atomic E-state index is 0.00463. The average molecular weight is 1170 g/mol. The van der Waals surface area contributed by atoms with E-state index in [4.69, 9.17) is 9.84 Å². The van der Waals surface area contributed by atoms with Gasteiger partial charge in [-0.3, -0.25) is 0 Å². The van der Waals surface area contributed by atoms with Gasteiger partial charge in [0.15, 0.2) is 0 Å². The van der Waals surface area contributed by atoms with Crippen LogP contribution in [-0.4, -0.2) is 114 Å². The van der Waals surface area contributed by atoms with Gasteiger partial charge in [0.2, 0.25) is 5.92 Å². The van der Waals surface area contributed by atoms with Crippen LogP contribution >= 0.6 is 0 Å². The van der Waals surface area contributed by atoms with Gasteiger partial charge in [-0.25, -0.2) is 13.2 Å². The van der Waals surface area contributed by atoms with Gasteiger partial charge in [0, 0.05) is 31.8 Å². The molecule has 486 valence electrons. The molecule has 1 heterocycles. The molecule has 7 saturated carbocycles. The predicted octanol–water partition coefficient (Wildman–Crippen LogP) is 15.8. The summed E-state index contributed by atoms with van der Waals surface area (Å²) in [6, 6.07) is 0. The zero-order valence-electron chi connectivity index (χ0n) is 55.4. The Hall–Kier alpha value is -0.570. The standard InChI is InChI=1S/C10H19FO.C9H16F2O.3C9H18O.C8H16O2.C8H16O.C7H14O/c1-7(2)8-4-5-10(3,11)6-9(8)12;1-6(2)7-5-9(10,11)4-3-8(7)12;3*1-7(2)8-5-3-4-6-9(8)10;1-6(2)7-5-10-4-3-8(7)9;1-6(2)7-4-3-5-8(7)9;1-5(2)6-3-4-7(6)8/h7-9,12H,4-6H2,1-3H3;6-8,12H,3-5H2,1-2H3;3*7-10H,3-6H2,1-2H3;6-9H,3-5H2,1-2H3;6-9H,3-5H2,1-2H3;5-8H,3-4H2,1-2H3/t8-,9+,10?;7-,8+;3*8-,9+;2*7-,8+;6-,7+/m11110111/s1. The van der Waals surface area contributed by atoms with Crippen molar-refractivity contribution < 1.29 is 58.8 Å². The monoisotopic (exact) mass is 1170 g/mol. The van der Waals surface area contributed by atoms with E-state index in [1.807, 2.05) is 13.8 Å². The van der Waals surface area contributed by atoms with E-state index in [2.05, 4.69) is 96.9 Å². The van der Waals surface area contributed by atoms with Crippen molar-refractivity contribution in [3.63, 3.8) is 0 Å². The first-order valence-electron chi connectivity index (χ1n) is 33.7. The number of halogens is 3. The summed E-state index contributed by atoms with van der Waals surface area (Å²) in [6.45, 7) is 37.2. The molecule has 8 aliphatic rings. The van der Waals surface area contributed by atoms with Gasteiger partial charge in [-0.05, 0) is 186 Å². The molecule has 8 rings (SSSR count). The second kappa shape index (κ2) is 40.1. The summed E-state index contributed by atoms with van der Waals surface area (Å²) in [4.78, 5) is 0. The third-order valence-electron chi connectivity index (χ3n) is 20.3. The minimum Gasteiger partial charge on any atom is -0.393 e. The first kappa shape index (κ1) is 78.4. The van der Waals surface area contributed by atoms with Gasteiger partial charge in [-0.2, -0.15) is 0 Å². The van der Waals surface area contributed by atoms with Crippen molar-refractivity contribution in [2.75, 3.05) is 13.2 Å². The Morgan fingerprint density at radius 2 is 0.593 bits per heavy atom. The van der Waals surface area contributed by atoms with Gasteiger partial charge in [0.05, 0.1) is 55.4 Å². The quantitative estimate of drug-likeness (QED) is 0.118. The molecular formula is C69H135F3O9. The summed E-state index contributed by atoms with van der Waals surface area (Å²) < 4.78 is 44.4. The lowest BCUT2D eigenvalue weighted by Crippen LogP contribution is -2.39. The lowest BCUT2D eigenvalue weighted by molar-refractivity contribution is -0.101. The largest absolute Gasteiger partial charge is 0.393 e. The molecule has 8 N–H and O–H groups in total. The third-order valence-corrected chi connectivity index (χ3v) is 20.3. The van der Waals surface area contributed by atoms with Crippen LogP contribution in [0.3, 0.4) is 0 Å². The molecule has 1 unspecified atom stereocenters. The zero-order valence-corrected chi connectivity index (χ0v) is 55.4. The second-order valence-corrected chi connectivity index (χ2v) is 29.8. The molecule has 81 heavy (non-hydrogen) atoms. The molecule has 7 aliphatic carbocycles. The summed E-state index contributed by atoms with van der Waals surface area (Å²) in [5, 5.41) is 75.6. The lowest BCUT2D eigenvalue weighted by atomic mass is 9.74. The van der Waals surface area contributed by atoms with Crippen LogP contribution in [0.2, 0.25) is 0 Å². The number of aliphatic hydroxyl groups is 8. The lowest BCUT2D eigenvalue weighted by Gasteiger charge is -2.37. The van der Waals surface area contributed by atoms with E-state index in [0.29, 0.717) is 95.7 Å². The van der Waals surface area contributed by atoms with Crippen molar-refractivity contribution in [3.8, 4) is 0 Å². The summed E-state index contributed by atoms with van der Waals surface area (Å²) >= 11 is 0. The minimum atomic E-state index is -2.55. The summed E-state index contributed by atoms with van der Waals surface area (Å²) in [5.41, 5.74) is -1.13. The second-order valence-electron chi connectivity index (χ2n) is 29.8. The molecular weight excluding hydrogens is 1030 g/mol. The maximum Gasteiger partial charge on any atom is 0.248 e. The highest BCUT2D eigenvalue weighted by Gasteiger charge is 2.42. The summed E-state index contributed by atoms with van der Waals surface area (Å²) in [5.74, 6) is 5.29. The fourth-order valence-electron chi connectivity index (χ4n) is 14.1. The number of hydrogen-bond acceptors (Lipinski definition) is 9.